The minimum absolute atomic E-state index is 0.0816. The number of nitrogens with one attached hydrogen (secondary N) is 1. The lowest BCUT2D eigenvalue weighted by Crippen LogP contribution is -2.32. The maximum Gasteiger partial charge on any atom is 0.308 e. The first-order chi connectivity index (χ1) is 13.4. The van der Waals surface area contributed by atoms with Gasteiger partial charge in [0.1, 0.15) is 0 Å². The normalized spacial score (nSPS) is 12.7. The molecule has 0 fully saturated rings. The highest BCUT2D eigenvalue weighted by Crippen LogP contribution is 2.23. The van der Waals surface area contributed by atoms with Gasteiger partial charge in [-0.05, 0) is 18.2 Å². The van der Waals surface area contributed by atoms with Crippen molar-refractivity contribution in [3.63, 3.8) is 0 Å². The van der Waals surface area contributed by atoms with Gasteiger partial charge in [0.2, 0.25) is 0 Å². The number of aromatic nitrogens is 1. The van der Waals surface area contributed by atoms with Crippen LogP contribution in [-0.2, 0) is 14.3 Å². The molecule has 28 heavy (non-hydrogen) atoms. The molecule has 1 aromatic carbocycles. The van der Waals surface area contributed by atoms with Crippen LogP contribution in [0, 0.1) is 0 Å². The Balaban J connectivity index is 1.47. The van der Waals surface area contributed by atoms with Crippen molar-refractivity contribution in [3.05, 3.63) is 57.7 Å². The second-order valence-corrected chi connectivity index (χ2v) is 6.59. The highest BCUT2D eigenvalue weighted by Gasteiger charge is 2.35. The molecule has 3 rings (SSSR count). The molecule has 0 aliphatic carbocycles. The van der Waals surface area contributed by atoms with Gasteiger partial charge in [0.05, 0.1) is 27.6 Å². The van der Waals surface area contributed by atoms with E-state index in [4.69, 9.17) is 27.9 Å². The van der Waals surface area contributed by atoms with E-state index in [1.807, 2.05) is 0 Å². The zero-order chi connectivity index (χ0) is 20.3. The molecule has 0 bridgehead atoms. The van der Waals surface area contributed by atoms with Crippen molar-refractivity contribution < 1.29 is 23.9 Å². The van der Waals surface area contributed by atoms with Gasteiger partial charge in [0, 0.05) is 12.7 Å². The number of rotatable bonds is 6. The number of ether oxygens (including phenoxy) is 1. The summed E-state index contributed by atoms with van der Waals surface area (Å²) in [6.45, 7) is -0.709. The van der Waals surface area contributed by atoms with E-state index >= 15 is 0 Å². The average molecular weight is 422 g/mol. The fraction of sp³-hybridized carbons (Fsp3) is 0.167. The van der Waals surface area contributed by atoms with E-state index in [9.17, 15) is 19.2 Å². The summed E-state index contributed by atoms with van der Waals surface area (Å²) in [5, 5.41) is 2.82. The molecule has 3 amide bonds. The van der Waals surface area contributed by atoms with Crippen LogP contribution in [0.4, 0.5) is 5.82 Å². The molecule has 1 aliphatic rings. The van der Waals surface area contributed by atoms with Crippen molar-refractivity contribution in [1.82, 2.24) is 9.88 Å². The van der Waals surface area contributed by atoms with Crippen LogP contribution in [0.1, 0.15) is 27.1 Å². The number of hydrogen-bond acceptors (Lipinski definition) is 6. The summed E-state index contributed by atoms with van der Waals surface area (Å²) in [5.41, 5.74) is 0.597. The van der Waals surface area contributed by atoms with E-state index in [0.29, 0.717) is 16.1 Å². The topological polar surface area (TPSA) is 106 Å². The number of fused-ring (bicyclic) bond motifs is 1. The van der Waals surface area contributed by atoms with Gasteiger partial charge >= 0.3 is 5.97 Å². The number of hydrogen-bond donors (Lipinski definition) is 1. The number of halogens is 2. The van der Waals surface area contributed by atoms with Gasteiger partial charge < -0.3 is 10.1 Å². The number of nitrogens with zero attached hydrogens (tertiary/aromatic N) is 2. The number of anilines is 1. The van der Waals surface area contributed by atoms with Gasteiger partial charge in [-0.15, -0.1) is 0 Å². The summed E-state index contributed by atoms with van der Waals surface area (Å²) in [7, 11) is 0. The molecule has 1 aliphatic heterocycles. The Kier molecular flexibility index (Phi) is 5.91. The van der Waals surface area contributed by atoms with Crippen LogP contribution < -0.4 is 5.32 Å². The molecule has 2 heterocycles. The van der Waals surface area contributed by atoms with E-state index in [-0.39, 0.29) is 23.8 Å². The Labute approximate surface area is 169 Å². The van der Waals surface area contributed by atoms with Gasteiger partial charge in [-0.3, -0.25) is 24.1 Å². The monoisotopic (exact) mass is 421 g/mol. The minimum Gasteiger partial charge on any atom is -0.456 e. The zero-order valence-corrected chi connectivity index (χ0v) is 15.8. The SMILES string of the molecule is O=C(COC(=O)CCN1C(=O)c2ccccc2C1=O)Nc1ncc(Cl)cc1Cl. The Morgan fingerprint density at radius 1 is 1.11 bits per heavy atom. The molecule has 0 atom stereocenters. The lowest BCUT2D eigenvalue weighted by atomic mass is 10.1. The number of benzene rings is 1. The van der Waals surface area contributed by atoms with Gasteiger partial charge in [0.15, 0.2) is 12.4 Å². The molecule has 0 spiro atoms. The van der Waals surface area contributed by atoms with Crippen LogP contribution in [0.25, 0.3) is 0 Å². The van der Waals surface area contributed by atoms with Crippen molar-refractivity contribution in [2.24, 2.45) is 0 Å². The highest BCUT2D eigenvalue weighted by atomic mass is 35.5. The fourth-order valence-corrected chi connectivity index (χ4v) is 2.97. The summed E-state index contributed by atoms with van der Waals surface area (Å²) >= 11 is 11.6. The van der Waals surface area contributed by atoms with Gasteiger partial charge in [-0.25, -0.2) is 4.98 Å². The number of imide groups is 1. The Morgan fingerprint density at radius 3 is 2.36 bits per heavy atom. The lowest BCUT2D eigenvalue weighted by Gasteiger charge is -2.13. The molecule has 8 nitrogen and oxygen atoms in total. The third-order valence-electron chi connectivity index (χ3n) is 3.85. The number of carbonyl (C=O) groups excluding carboxylic acids is 4. The predicted octanol–water partition coefficient (Wildman–Crippen LogP) is 2.56. The van der Waals surface area contributed by atoms with Gasteiger partial charge in [-0.2, -0.15) is 0 Å². The largest absolute Gasteiger partial charge is 0.456 e. The molecule has 0 unspecified atom stereocenters. The Morgan fingerprint density at radius 2 is 1.75 bits per heavy atom. The first kappa shape index (κ1) is 19.8. The maximum atomic E-state index is 12.2. The van der Waals surface area contributed by atoms with E-state index in [2.05, 4.69) is 10.3 Å². The van der Waals surface area contributed by atoms with Crippen molar-refractivity contribution in [3.8, 4) is 0 Å². The summed E-state index contributed by atoms with van der Waals surface area (Å²) in [5.74, 6) is -2.23. The van der Waals surface area contributed by atoms with Gasteiger partial charge in [0.25, 0.3) is 17.7 Å². The predicted molar refractivity (Wildman–Crippen MR) is 100 cm³/mol. The molecule has 0 radical (unpaired) electrons. The van der Waals surface area contributed by atoms with Crippen molar-refractivity contribution in [1.29, 1.82) is 0 Å². The number of amides is 3. The first-order valence-electron chi connectivity index (χ1n) is 8.08. The van der Waals surface area contributed by atoms with Gasteiger partial charge in [-0.1, -0.05) is 35.3 Å². The highest BCUT2D eigenvalue weighted by molar-refractivity contribution is 6.36. The second kappa shape index (κ2) is 8.37. The Bertz CT molecular complexity index is 944. The molecular weight excluding hydrogens is 409 g/mol. The smallest absolute Gasteiger partial charge is 0.308 e. The molecule has 10 heteroatoms. The lowest BCUT2D eigenvalue weighted by molar-refractivity contribution is -0.147. The van der Waals surface area contributed by atoms with E-state index in [1.54, 1.807) is 24.3 Å². The summed E-state index contributed by atoms with van der Waals surface area (Å²) in [4.78, 5) is 52.9. The van der Waals surface area contributed by atoms with Crippen LogP contribution in [0.2, 0.25) is 10.0 Å². The maximum absolute atomic E-state index is 12.2. The third kappa shape index (κ3) is 4.29. The molecule has 0 saturated heterocycles. The molecule has 2 aromatic rings. The van der Waals surface area contributed by atoms with Crippen molar-refractivity contribution in [2.45, 2.75) is 6.42 Å². The van der Waals surface area contributed by atoms with E-state index in [0.717, 1.165) is 4.90 Å². The average Bonchev–Trinajstić information content (AvgIpc) is 2.91. The summed E-state index contributed by atoms with van der Waals surface area (Å²) in [6, 6.07) is 7.81. The Hall–Kier alpha value is -2.97. The quantitative estimate of drug-likeness (QED) is 0.567. The zero-order valence-electron chi connectivity index (χ0n) is 14.3. The van der Waals surface area contributed by atoms with Crippen molar-refractivity contribution >= 4 is 52.7 Å². The van der Waals surface area contributed by atoms with Crippen LogP contribution in [-0.4, -0.2) is 46.7 Å². The van der Waals surface area contributed by atoms with Crippen LogP contribution in [0.15, 0.2) is 36.5 Å². The number of esters is 1. The van der Waals surface area contributed by atoms with Crippen LogP contribution >= 0.6 is 23.2 Å². The fourth-order valence-electron chi connectivity index (χ4n) is 2.54. The standard InChI is InChI=1S/C18H13Cl2N3O5/c19-10-7-13(20)16(21-8-10)22-14(24)9-28-15(25)5-6-23-17(26)11-3-1-2-4-12(11)18(23)27/h1-4,7-8H,5-6,9H2,(H,21,22,24). The third-order valence-corrected chi connectivity index (χ3v) is 4.34. The molecule has 1 N–H and O–H groups in total. The minimum atomic E-state index is -0.734. The second-order valence-electron chi connectivity index (χ2n) is 5.75. The summed E-state index contributed by atoms with van der Waals surface area (Å²) in [6.07, 6.45) is 1.07. The first-order valence-corrected chi connectivity index (χ1v) is 8.84. The molecule has 1 aromatic heterocycles. The van der Waals surface area contributed by atoms with Crippen LogP contribution in [0.5, 0.6) is 0 Å². The molecular formula is C18H13Cl2N3O5. The van der Waals surface area contributed by atoms with Crippen LogP contribution in [0.3, 0.4) is 0 Å². The van der Waals surface area contributed by atoms with E-state index < -0.39 is 30.3 Å². The number of pyridine rings is 1. The number of carbonyl (C=O) groups is 4. The van der Waals surface area contributed by atoms with E-state index in [1.165, 1.54) is 12.3 Å². The molecule has 0 saturated carbocycles. The molecule has 144 valence electrons. The summed E-state index contributed by atoms with van der Waals surface area (Å²) < 4.78 is 4.85. The van der Waals surface area contributed by atoms with Crippen molar-refractivity contribution in [2.75, 3.05) is 18.5 Å².